The molecule has 1 atom stereocenters. The van der Waals surface area contributed by atoms with Crippen molar-refractivity contribution in [1.29, 1.82) is 0 Å². The Bertz CT molecular complexity index is 1200. The van der Waals surface area contributed by atoms with Crippen molar-refractivity contribution in [2.45, 2.75) is 24.8 Å². The molecule has 0 bridgehead atoms. The number of benzene rings is 3. The van der Waals surface area contributed by atoms with Gasteiger partial charge in [-0.15, -0.1) is 0 Å². The van der Waals surface area contributed by atoms with Crippen molar-refractivity contribution in [1.82, 2.24) is 5.32 Å². The number of amides is 1. The van der Waals surface area contributed by atoms with Crippen LogP contribution in [-0.2, 0) is 14.8 Å². The average Bonchev–Trinajstić information content (AvgIpc) is 2.78. The second-order valence-corrected chi connectivity index (χ2v) is 10.1. The van der Waals surface area contributed by atoms with E-state index in [0.717, 1.165) is 19.9 Å². The van der Waals surface area contributed by atoms with Crippen molar-refractivity contribution in [3.8, 4) is 5.75 Å². The van der Waals surface area contributed by atoms with Crippen molar-refractivity contribution in [3.63, 3.8) is 0 Å². The quantitative estimate of drug-likeness (QED) is 0.464. The van der Waals surface area contributed by atoms with E-state index < -0.39 is 15.9 Å². The summed E-state index contributed by atoms with van der Waals surface area (Å²) >= 11 is 3.43. The van der Waals surface area contributed by atoms with Gasteiger partial charge in [-0.1, -0.05) is 52.3 Å². The second-order valence-electron chi connectivity index (χ2n) is 7.35. The molecule has 0 heterocycles. The number of anilines is 1. The molecule has 3 rings (SSSR count). The Hall–Kier alpha value is -2.84. The van der Waals surface area contributed by atoms with Crippen LogP contribution in [0.4, 0.5) is 5.69 Å². The lowest BCUT2D eigenvalue weighted by Gasteiger charge is -2.26. The van der Waals surface area contributed by atoms with E-state index in [4.69, 9.17) is 4.74 Å². The first kappa shape index (κ1) is 23.8. The lowest BCUT2D eigenvalue weighted by molar-refractivity contribution is -0.120. The van der Waals surface area contributed by atoms with Gasteiger partial charge in [-0.05, 0) is 61.4 Å². The van der Waals surface area contributed by atoms with Crippen LogP contribution in [0.2, 0.25) is 0 Å². The topological polar surface area (TPSA) is 75.7 Å². The summed E-state index contributed by atoms with van der Waals surface area (Å²) in [5.41, 5.74) is 2.06. The van der Waals surface area contributed by atoms with Gasteiger partial charge in [-0.3, -0.25) is 9.10 Å². The molecule has 0 aliphatic rings. The van der Waals surface area contributed by atoms with E-state index in [1.807, 2.05) is 31.2 Å². The van der Waals surface area contributed by atoms with Crippen molar-refractivity contribution in [2.24, 2.45) is 0 Å². The number of aryl methyl sites for hydroxylation is 1. The summed E-state index contributed by atoms with van der Waals surface area (Å²) in [6, 6.07) is 20.8. The van der Waals surface area contributed by atoms with Gasteiger partial charge in [0.2, 0.25) is 5.91 Å². The molecule has 0 fully saturated rings. The first-order valence-electron chi connectivity index (χ1n) is 9.99. The maximum absolute atomic E-state index is 13.7. The molecule has 0 aromatic heterocycles. The summed E-state index contributed by atoms with van der Waals surface area (Å²) in [7, 11) is -2.66. The van der Waals surface area contributed by atoms with Crippen LogP contribution >= 0.6 is 15.9 Å². The fourth-order valence-electron chi connectivity index (χ4n) is 3.29. The van der Waals surface area contributed by atoms with Crippen molar-refractivity contribution >= 4 is 37.5 Å². The molecule has 8 heteroatoms. The van der Waals surface area contributed by atoms with Gasteiger partial charge >= 0.3 is 0 Å². The molecule has 0 radical (unpaired) electrons. The minimum Gasteiger partial charge on any atom is -0.495 e. The number of sulfonamides is 1. The number of hydrogen-bond acceptors (Lipinski definition) is 4. The Kier molecular flexibility index (Phi) is 7.58. The zero-order valence-corrected chi connectivity index (χ0v) is 20.5. The molecule has 1 amide bonds. The lowest BCUT2D eigenvalue weighted by Crippen LogP contribution is -2.41. The zero-order chi connectivity index (χ0) is 23.3. The van der Waals surface area contributed by atoms with Crippen LogP contribution < -0.4 is 14.4 Å². The van der Waals surface area contributed by atoms with E-state index in [9.17, 15) is 13.2 Å². The van der Waals surface area contributed by atoms with E-state index in [1.165, 1.54) is 7.11 Å². The molecule has 0 saturated heterocycles. The number of nitrogens with zero attached hydrogens (tertiary/aromatic N) is 1. The highest BCUT2D eigenvalue weighted by Crippen LogP contribution is 2.30. The number of carbonyl (C=O) groups excluding carboxylic acids is 1. The van der Waals surface area contributed by atoms with Gasteiger partial charge in [-0.25, -0.2) is 8.42 Å². The van der Waals surface area contributed by atoms with E-state index in [-0.39, 0.29) is 23.2 Å². The first-order chi connectivity index (χ1) is 15.2. The van der Waals surface area contributed by atoms with Crippen molar-refractivity contribution in [3.05, 3.63) is 88.4 Å². The van der Waals surface area contributed by atoms with E-state index in [2.05, 4.69) is 21.2 Å². The maximum atomic E-state index is 13.7. The fraction of sp³-hybridized carbons (Fsp3) is 0.208. The molecule has 32 heavy (non-hydrogen) atoms. The Balaban J connectivity index is 1.94. The molecular formula is C24H25BrN2O4S. The third-order valence-corrected chi connectivity index (χ3v) is 7.23. The van der Waals surface area contributed by atoms with Crippen LogP contribution in [0.25, 0.3) is 0 Å². The molecule has 0 spiro atoms. The van der Waals surface area contributed by atoms with E-state index in [1.54, 1.807) is 55.5 Å². The van der Waals surface area contributed by atoms with Crippen molar-refractivity contribution in [2.75, 3.05) is 18.0 Å². The molecule has 0 saturated carbocycles. The maximum Gasteiger partial charge on any atom is 0.268 e. The number of ether oxygens (including phenoxy) is 1. The number of nitrogens with one attached hydrogen (secondary N) is 1. The molecule has 3 aromatic rings. The van der Waals surface area contributed by atoms with E-state index >= 15 is 0 Å². The molecule has 0 aliphatic carbocycles. The van der Waals surface area contributed by atoms with Gasteiger partial charge in [0.05, 0.1) is 18.8 Å². The number of carbonyl (C=O) groups is 1. The van der Waals surface area contributed by atoms with Crippen LogP contribution in [0, 0.1) is 6.92 Å². The van der Waals surface area contributed by atoms with Gasteiger partial charge in [0.15, 0.2) is 0 Å². The van der Waals surface area contributed by atoms with Gasteiger partial charge in [-0.2, -0.15) is 0 Å². The van der Waals surface area contributed by atoms with Crippen LogP contribution in [0.15, 0.2) is 82.2 Å². The highest BCUT2D eigenvalue weighted by Gasteiger charge is 2.30. The van der Waals surface area contributed by atoms with Crippen LogP contribution in [0.1, 0.15) is 24.1 Å². The Morgan fingerprint density at radius 1 is 1.06 bits per heavy atom. The van der Waals surface area contributed by atoms with Crippen LogP contribution in [0.5, 0.6) is 5.75 Å². The summed E-state index contributed by atoms with van der Waals surface area (Å²) in [6.45, 7) is 3.28. The smallest absolute Gasteiger partial charge is 0.268 e. The Labute approximate surface area is 197 Å². The molecular weight excluding hydrogens is 492 g/mol. The minimum atomic E-state index is -4.08. The zero-order valence-electron chi connectivity index (χ0n) is 18.1. The standard InChI is InChI=1S/C24H25BrN2O4S/c1-17-12-13-22(31-3)23(14-17)32(29,30)27(21-10-5-4-6-11-21)16-24(28)26-18(2)19-8-7-9-20(25)15-19/h4-15,18H,16H2,1-3H3,(H,26,28)/t18-/m0/s1. The molecule has 3 aromatic carbocycles. The highest BCUT2D eigenvalue weighted by molar-refractivity contribution is 9.10. The van der Waals surface area contributed by atoms with Gasteiger partial charge in [0, 0.05) is 4.47 Å². The first-order valence-corrected chi connectivity index (χ1v) is 12.2. The number of rotatable bonds is 8. The van der Waals surface area contributed by atoms with Gasteiger partial charge < -0.3 is 10.1 Å². The van der Waals surface area contributed by atoms with Gasteiger partial charge in [0.25, 0.3) is 10.0 Å². The van der Waals surface area contributed by atoms with Crippen molar-refractivity contribution < 1.29 is 17.9 Å². The third kappa shape index (κ3) is 5.49. The molecule has 6 nitrogen and oxygen atoms in total. The Morgan fingerprint density at radius 3 is 2.44 bits per heavy atom. The van der Waals surface area contributed by atoms with E-state index in [0.29, 0.717) is 5.69 Å². The third-order valence-electron chi connectivity index (χ3n) is 4.94. The minimum absolute atomic E-state index is 0.0108. The summed E-state index contributed by atoms with van der Waals surface area (Å²) in [5, 5.41) is 2.89. The summed E-state index contributed by atoms with van der Waals surface area (Å²) in [5.74, 6) is -0.198. The predicted octanol–water partition coefficient (Wildman–Crippen LogP) is 4.84. The number of methoxy groups -OCH3 is 1. The molecule has 0 aliphatic heterocycles. The summed E-state index contributed by atoms with van der Waals surface area (Å²) < 4.78 is 34.6. The molecule has 168 valence electrons. The SMILES string of the molecule is COc1ccc(C)cc1S(=O)(=O)N(CC(=O)N[C@@H](C)c1cccc(Br)c1)c1ccccc1. The fourth-order valence-corrected chi connectivity index (χ4v) is 5.37. The predicted molar refractivity (Wildman–Crippen MR) is 129 cm³/mol. The summed E-state index contributed by atoms with van der Waals surface area (Å²) in [4.78, 5) is 12.9. The number of halogens is 1. The van der Waals surface area contributed by atoms with Gasteiger partial charge in [0.1, 0.15) is 17.2 Å². The monoisotopic (exact) mass is 516 g/mol. The number of para-hydroxylation sites is 1. The number of hydrogen-bond donors (Lipinski definition) is 1. The lowest BCUT2D eigenvalue weighted by atomic mass is 10.1. The second kappa shape index (κ2) is 10.2. The van der Waals surface area contributed by atoms with Crippen LogP contribution in [0.3, 0.4) is 0 Å². The van der Waals surface area contributed by atoms with Crippen LogP contribution in [-0.4, -0.2) is 28.0 Å². The molecule has 1 N–H and O–H groups in total. The normalized spacial score (nSPS) is 12.1. The largest absolute Gasteiger partial charge is 0.495 e. The molecule has 0 unspecified atom stereocenters. The highest BCUT2D eigenvalue weighted by atomic mass is 79.9. The summed E-state index contributed by atoms with van der Waals surface area (Å²) in [6.07, 6.45) is 0. The Morgan fingerprint density at radius 2 is 1.78 bits per heavy atom. The average molecular weight is 517 g/mol.